The van der Waals surface area contributed by atoms with Gasteiger partial charge in [-0.25, -0.2) is 0 Å². The minimum absolute atomic E-state index is 0.197. The van der Waals surface area contributed by atoms with Crippen molar-refractivity contribution < 1.29 is 4.42 Å². The number of rotatable bonds is 3. The fourth-order valence-electron chi connectivity index (χ4n) is 1.52. The number of nitrogens with two attached hydrogens (primary N) is 1. The lowest BCUT2D eigenvalue weighted by molar-refractivity contribution is 0.296. The van der Waals surface area contributed by atoms with Gasteiger partial charge >= 0.3 is 6.01 Å². The van der Waals surface area contributed by atoms with Crippen molar-refractivity contribution in [2.75, 3.05) is 5.32 Å². The molecule has 1 aliphatic carbocycles. The highest BCUT2D eigenvalue weighted by atomic mass is 16.4. The van der Waals surface area contributed by atoms with Crippen LogP contribution in [0.2, 0.25) is 0 Å². The number of aromatic nitrogens is 2. The van der Waals surface area contributed by atoms with Crippen molar-refractivity contribution in [3.05, 3.63) is 5.89 Å². The highest BCUT2D eigenvalue weighted by molar-refractivity contribution is 5.21. The maximum atomic E-state index is 5.61. The van der Waals surface area contributed by atoms with Gasteiger partial charge in [0.15, 0.2) is 0 Å². The molecule has 1 aromatic rings. The van der Waals surface area contributed by atoms with Gasteiger partial charge in [-0.15, -0.1) is 5.10 Å². The average molecular weight is 196 g/mol. The summed E-state index contributed by atoms with van der Waals surface area (Å²) in [4.78, 5) is 0. The Kier molecular flexibility index (Phi) is 2.41. The second-order valence-electron chi connectivity index (χ2n) is 4.04. The van der Waals surface area contributed by atoms with Crippen LogP contribution in [0, 0.1) is 5.92 Å². The Morgan fingerprint density at radius 1 is 1.50 bits per heavy atom. The molecule has 0 saturated heterocycles. The molecule has 0 radical (unpaired) electrons. The normalized spacial score (nSPS) is 28.2. The van der Waals surface area contributed by atoms with E-state index in [1.54, 1.807) is 0 Å². The quantitative estimate of drug-likeness (QED) is 0.762. The standard InChI is InChI=1S/C9H16N4O/c1-5-3-4-7(5)11-9-13-12-8(14-9)6(2)10/h5-7H,3-4,10H2,1-2H3,(H,11,13). The molecule has 0 spiro atoms. The maximum absolute atomic E-state index is 5.61. The van der Waals surface area contributed by atoms with Crippen molar-refractivity contribution in [3.8, 4) is 0 Å². The van der Waals surface area contributed by atoms with Crippen LogP contribution in [0.1, 0.15) is 38.6 Å². The summed E-state index contributed by atoms with van der Waals surface area (Å²) in [6.07, 6.45) is 2.45. The highest BCUT2D eigenvalue weighted by Crippen LogP contribution is 2.29. The van der Waals surface area contributed by atoms with Crippen molar-refractivity contribution in [3.63, 3.8) is 0 Å². The molecule has 0 amide bonds. The molecule has 1 saturated carbocycles. The van der Waals surface area contributed by atoms with Crippen LogP contribution >= 0.6 is 0 Å². The molecule has 1 aromatic heterocycles. The predicted molar refractivity (Wildman–Crippen MR) is 52.7 cm³/mol. The Hall–Kier alpha value is -1.10. The molecule has 3 N–H and O–H groups in total. The lowest BCUT2D eigenvalue weighted by Crippen LogP contribution is -2.36. The van der Waals surface area contributed by atoms with E-state index in [0.717, 1.165) is 0 Å². The molecular formula is C9H16N4O. The Morgan fingerprint density at radius 3 is 2.71 bits per heavy atom. The van der Waals surface area contributed by atoms with Crippen molar-refractivity contribution in [2.45, 2.75) is 38.8 Å². The van der Waals surface area contributed by atoms with Gasteiger partial charge in [-0.05, 0) is 25.7 Å². The number of nitrogens with one attached hydrogen (secondary N) is 1. The number of hydrogen-bond donors (Lipinski definition) is 2. The zero-order valence-electron chi connectivity index (χ0n) is 8.53. The van der Waals surface area contributed by atoms with Crippen molar-refractivity contribution >= 4 is 6.01 Å². The zero-order valence-corrected chi connectivity index (χ0v) is 8.53. The molecular weight excluding hydrogens is 180 g/mol. The maximum Gasteiger partial charge on any atom is 0.315 e. The van der Waals surface area contributed by atoms with E-state index in [1.165, 1.54) is 12.8 Å². The third-order valence-corrected chi connectivity index (χ3v) is 2.76. The van der Waals surface area contributed by atoms with E-state index in [-0.39, 0.29) is 6.04 Å². The molecule has 0 aliphatic heterocycles. The van der Waals surface area contributed by atoms with Gasteiger partial charge in [0.05, 0.1) is 6.04 Å². The van der Waals surface area contributed by atoms with E-state index in [2.05, 4.69) is 22.4 Å². The lowest BCUT2D eigenvalue weighted by Gasteiger charge is -2.33. The van der Waals surface area contributed by atoms with Gasteiger partial charge in [-0.3, -0.25) is 0 Å². The predicted octanol–water partition coefficient (Wildman–Crippen LogP) is 1.30. The lowest BCUT2D eigenvalue weighted by atomic mass is 9.81. The summed E-state index contributed by atoms with van der Waals surface area (Å²) in [6.45, 7) is 4.03. The number of nitrogens with zero attached hydrogens (tertiary/aromatic N) is 2. The molecule has 1 aliphatic rings. The fourth-order valence-corrected chi connectivity index (χ4v) is 1.52. The topological polar surface area (TPSA) is 77.0 Å². The van der Waals surface area contributed by atoms with E-state index in [9.17, 15) is 0 Å². The Morgan fingerprint density at radius 2 is 2.29 bits per heavy atom. The van der Waals surface area contributed by atoms with Gasteiger partial charge in [0.1, 0.15) is 0 Å². The van der Waals surface area contributed by atoms with Crippen LogP contribution in [0.25, 0.3) is 0 Å². The Labute approximate surface area is 83.1 Å². The van der Waals surface area contributed by atoms with Crippen molar-refractivity contribution in [1.29, 1.82) is 0 Å². The van der Waals surface area contributed by atoms with Crippen LogP contribution < -0.4 is 11.1 Å². The van der Waals surface area contributed by atoms with E-state index < -0.39 is 0 Å². The third-order valence-electron chi connectivity index (χ3n) is 2.76. The zero-order chi connectivity index (χ0) is 10.1. The molecule has 78 valence electrons. The third kappa shape index (κ3) is 1.72. The first-order valence-corrected chi connectivity index (χ1v) is 5.02. The first-order chi connectivity index (χ1) is 6.66. The summed E-state index contributed by atoms with van der Waals surface area (Å²) in [5.74, 6) is 1.18. The molecule has 0 aromatic carbocycles. The van der Waals surface area contributed by atoms with Crippen LogP contribution in [0.4, 0.5) is 6.01 Å². The molecule has 5 heteroatoms. The summed E-state index contributed by atoms with van der Waals surface area (Å²) < 4.78 is 5.34. The highest BCUT2D eigenvalue weighted by Gasteiger charge is 2.27. The minimum Gasteiger partial charge on any atom is -0.406 e. The monoisotopic (exact) mass is 196 g/mol. The summed E-state index contributed by atoms with van der Waals surface area (Å²) in [6, 6.07) is 0.780. The van der Waals surface area contributed by atoms with E-state index in [0.29, 0.717) is 23.9 Å². The summed E-state index contributed by atoms with van der Waals surface area (Å²) in [7, 11) is 0. The molecule has 2 rings (SSSR count). The van der Waals surface area contributed by atoms with E-state index in [1.807, 2.05) is 6.92 Å². The van der Waals surface area contributed by atoms with Crippen molar-refractivity contribution in [2.24, 2.45) is 11.7 Å². The summed E-state index contributed by atoms with van der Waals surface area (Å²) in [5.41, 5.74) is 5.61. The first-order valence-electron chi connectivity index (χ1n) is 5.02. The number of hydrogen-bond acceptors (Lipinski definition) is 5. The molecule has 14 heavy (non-hydrogen) atoms. The van der Waals surface area contributed by atoms with Gasteiger partial charge in [-0.1, -0.05) is 12.0 Å². The van der Waals surface area contributed by atoms with Gasteiger partial charge in [0.25, 0.3) is 0 Å². The Balaban J connectivity index is 1.96. The number of anilines is 1. The SMILES string of the molecule is CC(N)c1nnc(NC2CCC2C)o1. The minimum atomic E-state index is -0.197. The van der Waals surface area contributed by atoms with Gasteiger partial charge in [0.2, 0.25) is 5.89 Å². The molecule has 0 bridgehead atoms. The second-order valence-corrected chi connectivity index (χ2v) is 4.04. The van der Waals surface area contributed by atoms with Crippen LogP contribution in [-0.4, -0.2) is 16.2 Å². The summed E-state index contributed by atoms with van der Waals surface area (Å²) >= 11 is 0. The van der Waals surface area contributed by atoms with Gasteiger partial charge in [-0.2, -0.15) is 0 Å². The fraction of sp³-hybridized carbons (Fsp3) is 0.778. The van der Waals surface area contributed by atoms with Crippen LogP contribution in [0.3, 0.4) is 0 Å². The molecule has 5 nitrogen and oxygen atoms in total. The average Bonchev–Trinajstić information content (AvgIpc) is 2.60. The molecule has 1 fully saturated rings. The molecule has 3 unspecified atom stereocenters. The Bertz CT molecular complexity index is 310. The van der Waals surface area contributed by atoms with E-state index in [4.69, 9.17) is 10.2 Å². The van der Waals surface area contributed by atoms with Gasteiger partial charge in [0, 0.05) is 6.04 Å². The smallest absolute Gasteiger partial charge is 0.315 e. The first kappa shape index (κ1) is 9.45. The van der Waals surface area contributed by atoms with Crippen LogP contribution in [0.15, 0.2) is 4.42 Å². The van der Waals surface area contributed by atoms with Crippen molar-refractivity contribution in [1.82, 2.24) is 10.2 Å². The van der Waals surface area contributed by atoms with Gasteiger partial charge < -0.3 is 15.5 Å². The molecule has 3 atom stereocenters. The summed E-state index contributed by atoms with van der Waals surface area (Å²) in [5, 5.41) is 10.9. The molecule has 1 heterocycles. The van der Waals surface area contributed by atoms with Crippen LogP contribution in [-0.2, 0) is 0 Å². The van der Waals surface area contributed by atoms with E-state index >= 15 is 0 Å². The largest absolute Gasteiger partial charge is 0.406 e. The second kappa shape index (κ2) is 3.57. The van der Waals surface area contributed by atoms with Crippen LogP contribution in [0.5, 0.6) is 0 Å².